The predicted molar refractivity (Wildman–Crippen MR) is 120 cm³/mol. The molecular formula is C21H21BrN2O4S. The maximum absolute atomic E-state index is 12.9. The maximum Gasteiger partial charge on any atom is 0.266 e. The molecule has 0 aromatic heterocycles. The van der Waals surface area contributed by atoms with Crippen LogP contribution in [0.2, 0.25) is 0 Å². The van der Waals surface area contributed by atoms with Crippen molar-refractivity contribution in [3.05, 3.63) is 51.3 Å². The summed E-state index contributed by atoms with van der Waals surface area (Å²) in [5.74, 6) is 1.89. The molecule has 0 aliphatic carbocycles. The van der Waals surface area contributed by atoms with E-state index in [4.69, 9.17) is 14.2 Å². The number of rotatable bonds is 6. The summed E-state index contributed by atoms with van der Waals surface area (Å²) in [6.45, 7) is 2.46. The zero-order valence-electron chi connectivity index (χ0n) is 16.6. The number of nitrogens with zero attached hydrogens (tertiary/aromatic N) is 2. The van der Waals surface area contributed by atoms with Crippen LogP contribution in [0.3, 0.4) is 0 Å². The van der Waals surface area contributed by atoms with Gasteiger partial charge in [-0.25, -0.2) is 4.99 Å². The van der Waals surface area contributed by atoms with Gasteiger partial charge in [0.1, 0.15) is 5.75 Å². The summed E-state index contributed by atoms with van der Waals surface area (Å²) in [5, 5.41) is 0.644. The van der Waals surface area contributed by atoms with E-state index < -0.39 is 0 Å². The highest BCUT2D eigenvalue weighted by molar-refractivity contribution is 9.10. The van der Waals surface area contributed by atoms with Crippen molar-refractivity contribution in [2.45, 2.75) is 6.92 Å². The Kier molecular flexibility index (Phi) is 6.87. The monoisotopic (exact) mass is 476 g/mol. The van der Waals surface area contributed by atoms with Gasteiger partial charge in [-0.1, -0.05) is 15.9 Å². The zero-order valence-corrected chi connectivity index (χ0v) is 19.0. The molecule has 0 spiro atoms. The molecule has 1 heterocycles. The Hall–Kier alpha value is -2.45. The fourth-order valence-corrected chi connectivity index (χ4v) is 4.25. The number of hydrogen-bond acceptors (Lipinski definition) is 6. The molecule has 0 N–H and O–H groups in total. The number of amides is 1. The molecule has 2 aromatic rings. The number of thioether (sulfide) groups is 1. The van der Waals surface area contributed by atoms with Crippen molar-refractivity contribution in [3.8, 4) is 17.2 Å². The second kappa shape index (κ2) is 9.37. The van der Waals surface area contributed by atoms with Crippen LogP contribution < -0.4 is 14.2 Å². The van der Waals surface area contributed by atoms with E-state index in [1.54, 1.807) is 26.2 Å². The van der Waals surface area contributed by atoms with Crippen LogP contribution in [0.4, 0.5) is 5.69 Å². The van der Waals surface area contributed by atoms with Gasteiger partial charge in [-0.05, 0) is 66.7 Å². The highest BCUT2D eigenvalue weighted by Gasteiger charge is 2.32. The molecule has 1 saturated heterocycles. The Labute approximate surface area is 182 Å². The Morgan fingerprint density at radius 3 is 2.31 bits per heavy atom. The van der Waals surface area contributed by atoms with Gasteiger partial charge in [0.25, 0.3) is 5.91 Å². The molecule has 6 nitrogen and oxygen atoms in total. The summed E-state index contributed by atoms with van der Waals surface area (Å²) in [7, 11) is 4.78. The quantitative estimate of drug-likeness (QED) is 0.542. The summed E-state index contributed by atoms with van der Waals surface area (Å²) in [6.07, 6.45) is 1.83. The van der Waals surface area contributed by atoms with E-state index in [-0.39, 0.29) is 5.91 Å². The van der Waals surface area contributed by atoms with Crippen LogP contribution in [0.1, 0.15) is 12.5 Å². The van der Waals surface area contributed by atoms with Gasteiger partial charge in [-0.2, -0.15) is 0 Å². The van der Waals surface area contributed by atoms with Gasteiger partial charge in [0.2, 0.25) is 0 Å². The van der Waals surface area contributed by atoms with E-state index >= 15 is 0 Å². The van der Waals surface area contributed by atoms with Gasteiger partial charge in [0.15, 0.2) is 16.7 Å². The highest BCUT2D eigenvalue weighted by atomic mass is 79.9. The Morgan fingerprint density at radius 1 is 1.07 bits per heavy atom. The molecule has 1 aliphatic heterocycles. The van der Waals surface area contributed by atoms with E-state index in [1.807, 2.05) is 49.4 Å². The molecule has 0 bridgehead atoms. The highest BCUT2D eigenvalue weighted by Crippen LogP contribution is 2.38. The van der Waals surface area contributed by atoms with Gasteiger partial charge in [-0.3, -0.25) is 9.69 Å². The lowest BCUT2D eigenvalue weighted by atomic mass is 10.2. The second-order valence-electron chi connectivity index (χ2n) is 5.98. The summed E-state index contributed by atoms with van der Waals surface area (Å²) in [4.78, 5) is 19.8. The van der Waals surface area contributed by atoms with Gasteiger partial charge < -0.3 is 14.2 Å². The Bertz CT molecular complexity index is 973. The first-order valence-corrected chi connectivity index (χ1v) is 10.5. The first kappa shape index (κ1) is 21.3. The number of ether oxygens (including phenoxy) is 3. The van der Waals surface area contributed by atoms with Crippen molar-refractivity contribution in [3.63, 3.8) is 0 Å². The van der Waals surface area contributed by atoms with E-state index in [9.17, 15) is 4.79 Å². The largest absolute Gasteiger partial charge is 0.497 e. The lowest BCUT2D eigenvalue weighted by molar-refractivity contribution is -0.122. The summed E-state index contributed by atoms with van der Waals surface area (Å²) >= 11 is 4.88. The second-order valence-corrected chi connectivity index (χ2v) is 7.84. The topological polar surface area (TPSA) is 60.4 Å². The van der Waals surface area contributed by atoms with Crippen LogP contribution in [0.15, 0.2) is 50.8 Å². The molecule has 152 valence electrons. The number of methoxy groups -OCH3 is 3. The van der Waals surface area contributed by atoms with E-state index in [1.165, 1.54) is 11.8 Å². The number of likely N-dealkylation sites (N-methyl/N-ethyl adjacent to an activating group) is 1. The van der Waals surface area contributed by atoms with Gasteiger partial charge in [0.05, 0.1) is 31.9 Å². The summed E-state index contributed by atoms with van der Waals surface area (Å²) in [5.41, 5.74) is 1.58. The van der Waals surface area contributed by atoms with Crippen molar-refractivity contribution in [2.75, 3.05) is 27.9 Å². The standard InChI is InChI=1S/C21H21BrN2O4S/c1-5-24-20(25)19(11-13-10-17(27-3)18(28-4)12-16(13)22)29-21(24)23-14-6-8-15(26-2)9-7-14/h6-12H,5H2,1-4H3/b19-11+,23-21?. The number of carbonyl (C=O) groups excluding carboxylic acids is 1. The average molecular weight is 477 g/mol. The molecule has 0 radical (unpaired) electrons. The van der Waals surface area contributed by atoms with E-state index in [0.717, 1.165) is 21.5 Å². The summed E-state index contributed by atoms with van der Waals surface area (Å²) in [6, 6.07) is 11.1. The number of aliphatic imine (C=N–C) groups is 1. The third-order valence-electron chi connectivity index (χ3n) is 4.29. The number of benzene rings is 2. The Balaban J connectivity index is 1.95. The number of amidine groups is 1. The molecule has 2 aromatic carbocycles. The Morgan fingerprint density at radius 2 is 1.72 bits per heavy atom. The molecule has 1 fully saturated rings. The molecular weight excluding hydrogens is 456 g/mol. The minimum atomic E-state index is -0.0774. The smallest absolute Gasteiger partial charge is 0.266 e. The fraction of sp³-hybridized carbons (Fsp3) is 0.238. The third-order valence-corrected chi connectivity index (χ3v) is 5.98. The molecule has 3 rings (SSSR count). The zero-order chi connectivity index (χ0) is 21.0. The molecule has 0 saturated carbocycles. The van der Waals surface area contributed by atoms with Crippen LogP contribution in [-0.2, 0) is 4.79 Å². The van der Waals surface area contributed by atoms with E-state index in [2.05, 4.69) is 20.9 Å². The lowest BCUT2D eigenvalue weighted by Gasteiger charge is -2.12. The minimum Gasteiger partial charge on any atom is -0.497 e. The van der Waals surface area contributed by atoms with Crippen LogP contribution in [0, 0.1) is 0 Å². The molecule has 29 heavy (non-hydrogen) atoms. The average Bonchev–Trinajstić information content (AvgIpc) is 3.03. The molecule has 0 unspecified atom stereocenters. The van der Waals surface area contributed by atoms with Gasteiger partial charge in [-0.15, -0.1) is 0 Å². The van der Waals surface area contributed by atoms with Crippen LogP contribution in [0.25, 0.3) is 6.08 Å². The number of hydrogen-bond donors (Lipinski definition) is 0. The molecule has 1 amide bonds. The molecule has 1 aliphatic rings. The van der Waals surface area contributed by atoms with Crippen LogP contribution in [0.5, 0.6) is 17.2 Å². The van der Waals surface area contributed by atoms with Crippen molar-refractivity contribution in [2.24, 2.45) is 4.99 Å². The van der Waals surface area contributed by atoms with Gasteiger partial charge >= 0.3 is 0 Å². The van der Waals surface area contributed by atoms with Crippen LogP contribution >= 0.6 is 27.7 Å². The van der Waals surface area contributed by atoms with Crippen molar-refractivity contribution in [1.29, 1.82) is 0 Å². The van der Waals surface area contributed by atoms with Gasteiger partial charge in [0, 0.05) is 11.0 Å². The van der Waals surface area contributed by atoms with Crippen molar-refractivity contribution in [1.82, 2.24) is 4.90 Å². The molecule has 8 heteroatoms. The van der Waals surface area contributed by atoms with E-state index in [0.29, 0.717) is 28.1 Å². The van der Waals surface area contributed by atoms with Crippen molar-refractivity contribution >= 4 is 50.5 Å². The number of halogens is 1. The first-order chi connectivity index (χ1) is 14.0. The summed E-state index contributed by atoms with van der Waals surface area (Å²) < 4.78 is 16.7. The van der Waals surface area contributed by atoms with Crippen LogP contribution in [-0.4, -0.2) is 43.8 Å². The third kappa shape index (κ3) is 4.59. The predicted octanol–water partition coefficient (Wildman–Crippen LogP) is 5.10. The minimum absolute atomic E-state index is 0.0774. The normalized spacial score (nSPS) is 16.6. The SMILES string of the molecule is CCN1C(=O)/C(=C\c2cc(OC)c(OC)cc2Br)SC1=Nc1ccc(OC)cc1. The molecule has 0 atom stereocenters. The maximum atomic E-state index is 12.9. The number of carbonyl (C=O) groups is 1. The first-order valence-electron chi connectivity index (χ1n) is 8.86. The van der Waals surface area contributed by atoms with Crippen molar-refractivity contribution < 1.29 is 19.0 Å². The lowest BCUT2D eigenvalue weighted by Crippen LogP contribution is -2.28. The fourth-order valence-electron chi connectivity index (χ4n) is 2.76.